The van der Waals surface area contributed by atoms with E-state index in [0.29, 0.717) is 25.7 Å². The van der Waals surface area contributed by atoms with Crippen LogP contribution in [0.25, 0.3) is 0 Å². The Balaban J connectivity index is 1.75. The van der Waals surface area contributed by atoms with Gasteiger partial charge in [0.15, 0.2) is 0 Å². The molecule has 3 heterocycles. The SMILES string of the molecule is CCC1OC(CCC2OC(CC)C3C(=O)OC(=O)C23)C(C(=O)OC)C1C(=O)OC. The Kier molecular flexibility index (Phi) is 6.58. The van der Waals surface area contributed by atoms with Gasteiger partial charge in [-0.1, -0.05) is 13.8 Å². The zero-order chi connectivity index (χ0) is 21.3. The highest BCUT2D eigenvalue weighted by Gasteiger charge is 2.58. The molecular weight excluding hydrogens is 384 g/mol. The number of hydrogen-bond acceptors (Lipinski definition) is 9. The van der Waals surface area contributed by atoms with Gasteiger partial charge in [0.05, 0.1) is 62.3 Å². The first-order chi connectivity index (χ1) is 13.9. The van der Waals surface area contributed by atoms with Crippen molar-refractivity contribution in [3.63, 3.8) is 0 Å². The summed E-state index contributed by atoms with van der Waals surface area (Å²) in [7, 11) is 2.54. The number of hydrogen-bond donors (Lipinski definition) is 0. The average molecular weight is 412 g/mol. The first-order valence-corrected chi connectivity index (χ1v) is 10.1. The molecule has 3 rings (SSSR count). The van der Waals surface area contributed by atoms with E-state index in [-0.39, 0.29) is 6.10 Å². The molecule has 3 aliphatic heterocycles. The Morgan fingerprint density at radius 3 is 1.72 bits per heavy atom. The molecule has 0 amide bonds. The van der Waals surface area contributed by atoms with Crippen LogP contribution in [0.3, 0.4) is 0 Å². The summed E-state index contributed by atoms with van der Waals surface area (Å²) in [5.41, 5.74) is 0. The summed E-state index contributed by atoms with van der Waals surface area (Å²) in [5.74, 6) is -4.90. The fourth-order valence-corrected chi connectivity index (χ4v) is 4.94. The van der Waals surface area contributed by atoms with E-state index in [2.05, 4.69) is 0 Å². The van der Waals surface area contributed by atoms with Crippen LogP contribution in [0.15, 0.2) is 0 Å². The monoisotopic (exact) mass is 412 g/mol. The van der Waals surface area contributed by atoms with Crippen molar-refractivity contribution in [3.05, 3.63) is 0 Å². The molecule has 0 aromatic rings. The lowest BCUT2D eigenvalue weighted by atomic mass is 9.82. The Morgan fingerprint density at radius 1 is 0.759 bits per heavy atom. The van der Waals surface area contributed by atoms with Gasteiger partial charge in [-0.05, 0) is 25.7 Å². The molecule has 3 aliphatic rings. The van der Waals surface area contributed by atoms with Crippen molar-refractivity contribution in [2.45, 2.75) is 63.9 Å². The van der Waals surface area contributed by atoms with Gasteiger partial charge in [0.2, 0.25) is 0 Å². The van der Waals surface area contributed by atoms with E-state index in [0.717, 1.165) is 0 Å². The molecule has 8 atom stereocenters. The maximum atomic E-state index is 12.4. The summed E-state index contributed by atoms with van der Waals surface area (Å²) in [5, 5.41) is 0. The second kappa shape index (κ2) is 8.79. The van der Waals surface area contributed by atoms with Crippen molar-refractivity contribution in [2.75, 3.05) is 14.2 Å². The number of ether oxygens (including phenoxy) is 5. The van der Waals surface area contributed by atoms with Crippen LogP contribution in [0, 0.1) is 23.7 Å². The highest BCUT2D eigenvalue weighted by Crippen LogP contribution is 2.44. The Bertz CT molecular complexity index is 675. The van der Waals surface area contributed by atoms with Gasteiger partial charge < -0.3 is 23.7 Å². The molecule has 0 bridgehead atoms. The maximum Gasteiger partial charge on any atom is 0.320 e. The maximum absolute atomic E-state index is 12.4. The molecule has 9 heteroatoms. The smallest absolute Gasteiger partial charge is 0.320 e. The fraction of sp³-hybridized carbons (Fsp3) is 0.800. The average Bonchev–Trinajstić information content (AvgIpc) is 3.37. The zero-order valence-electron chi connectivity index (χ0n) is 17.1. The summed E-state index contributed by atoms with van der Waals surface area (Å²) >= 11 is 0. The summed E-state index contributed by atoms with van der Waals surface area (Å²) in [6.07, 6.45) is -0.0140. The van der Waals surface area contributed by atoms with E-state index in [9.17, 15) is 19.2 Å². The molecule has 162 valence electrons. The molecule has 0 radical (unpaired) electrons. The van der Waals surface area contributed by atoms with Gasteiger partial charge in [-0.3, -0.25) is 19.2 Å². The normalized spacial score (nSPS) is 38.6. The van der Waals surface area contributed by atoms with Crippen LogP contribution in [-0.4, -0.2) is 62.5 Å². The highest BCUT2D eigenvalue weighted by atomic mass is 16.6. The minimum absolute atomic E-state index is 0.365. The van der Waals surface area contributed by atoms with E-state index >= 15 is 0 Å². The quantitative estimate of drug-likeness (QED) is 0.343. The topological polar surface area (TPSA) is 114 Å². The molecule has 0 saturated carbocycles. The number of carbonyl (C=O) groups is 4. The van der Waals surface area contributed by atoms with Crippen LogP contribution < -0.4 is 0 Å². The Hall–Kier alpha value is -2.00. The Labute approximate surface area is 169 Å². The molecule has 29 heavy (non-hydrogen) atoms. The lowest BCUT2D eigenvalue weighted by molar-refractivity contribution is -0.158. The summed E-state index contributed by atoms with van der Waals surface area (Å²) in [6, 6.07) is 0. The zero-order valence-corrected chi connectivity index (χ0v) is 17.1. The first kappa shape index (κ1) is 21.7. The number of methoxy groups -OCH3 is 2. The van der Waals surface area contributed by atoms with Crippen molar-refractivity contribution < 1.29 is 42.9 Å². The van der Waals surface area contributed by atoms with Gasteiger partial charge in [0.25, 0.3) is 0 Å². The third-order valence-corrected chi connectivity index (χ3v) is 6.31. The van der Waals surface area contributed by atoms with E-state index in [4.69, 9.17) is 23.7 Å². The molecule has 0 aromatic heterocycles. The molecule has 8 unspecified atom stereocenters. The number of rotatable bonds is 7. The molecule has 0 N–H and O–H groups in total. The van der Waals surface area contributed by atoms with E-state index in [1.807, 2.05) is 13.8 Å². The molecule has 0 spiro atoms. The molecule has 0 aromatic carbocycles. The standard InChI is InChI=1S/C20H28O9/c1-5-9-13(17(21)25-3)15(18(22)26-4)11(27-9)7-8-12-16-14(10(6-2)28-12)19(23)29-20(16)24/h9-16H,5-8H2,1-4H3. The second-order valence-electron chi connectivity index (χ2n) is 7.71. The van der Waals surface area contributed by atoms with Gasteiger partial charge >= 0.3 is 23.9 Å². The second-order valence-corrected chi connectivity index (χ2v) is 7.71. The van der Waals surface area contributed by atoms with Crippen molar-refractivity contribution in [1.82, 2.24) is 0 Å². The summed E-state index contributed by atoms with van der Waals surface area (Å²) in [6.45, 7) is 3.76. The number of cyclic esters (lactones) is 2. The minimum Gasteiger partial charge on any atom is -0.469 e. The predicted octanol–water partition coefficient (Wildman–Crippen LogP) is 1.02. The van der Waals surface area contributed by atoms with Crippen LogP contribution in [-0.2, 0) is 42.9 Å². The van der Waals surface area contributed by atoms with Crippen molar-refractivity contribution >= 4 is 23.9 Å². The molecular formula is C20H28O9. The number of fused-ring (bicyclic) bond motifs is 1. The minimum atomic E-state index is -0.797. The van der Waals surface area contributed by atoms with Gasteiger partial charge in [-0.15, -0.1) is 0 Å². The first-order valence-electron chi connectivity index (χ1n) is 10.1. The number of esters is 4. The highest BCUT2D eigenvalue weighted by molar-refractivity contribution is 5.97. The van der Waals surface area contributed by atoms with Crippen LogP contribution in [0.1, 0.15) is 39.5 Å². The lowest BCUT2D eigenvalue weighted by Gasteiger charge is -2.22. The van der Waals surface area contributed by atoms with Crippen LogP contribution in [0.4, 0.5) is 0 Å². The summed E-state index contributed by atoms with van der Waals surface area (Å²) < 4.78 is 26.6. The predicted molar refractivity (Wildman–Crippen MR) is 96.2 cm³/mol. The lowest BCUT2D eigenvalue weighted by Crippen LogP contribution is -2.37. The fourth-order valence-electron chi connectivity index (χ4n) is 4.94. The van der Waals surface area contributed by atoms with Gasteiger partial charge in [-0.25, -0.2) is 0 Å². The van der Waals surface area contributed by atoms with E-state index in [1.54, 1.807) is 0 Å². The third-order valence-electron chi connectivity index (χ3n) is 6.31. The van der Waals surface area contributed by atoms with Gasteiger partial charge in [0.1, 0.15) is 0 Å². The van der Waals surface area contributed by atoms with Crippen molar-refractivity contribution in [3.8, 4) is 0 Å². The molecule has 9 nitrogen and oxygen atoms in total. The van der Waals surface area contributed by atoms with Crippen LogP contribution >= 0.6 is 0 Å². The Morgan fingerprint density at radius 2 is 1.21 bits per heavy atom. The molecule has 3 saturated heterocycles. The summed E-state index contributed by atoms with van der Waals surface area (Å²) in [4.78, 5) is 48.9. The van der Waals surface area contributed by atoms with Crippen LogP contribution in [0.2, 0.25) is 0 Å². The van der Waals surface area contributed by atoms with Gasteiger partial charge in [-0.2, -0.15) is 0 Å². The molecule has 3 fully saturated rings. The third kappa shape index (κ3) is 3.77. The van der Waals surface area contributed by atoms with E-state index < -0.39 is 65.9 Å². The molecule has 0 aliphatic carbocycles. The van der Waals surface area contributed by atoms with Gasteiger partial charge in [0, 0.05) is 0 Å². The largest absolute Gasteiger partial charge is 0.469 e. The van der Waals surface area contributed by atoms with E-state index in [1.165, 1.54) is 14.2 Å². The van der Waals surface area contributed by atoms with Crippen molar-refractivity contribution in [1.29, 1.82) is 0 Å². The van der Waals surface area contributed by atoms with Crippen molar-refractivity contribution in [2.24, 2.45) is 23.7 Å². The van der Waals surface area contributed by atoms with Crippen LogP contribution in [0.5, 0.6) is 0 Å². The number of carbonyl (C=O) groups excluding carboxylic acids is 4.